The summed E-state index contributed by atoms with van der Waals surface area (Å²) < 4.78 is 19.2. The summed E-state index contributed by atoms with van der Waals surface area (Å²) in [5.41, 5.74) is 2.60. The molecule has 0 aliphatic heterocycles. The van der Waals surface area contributed by atoms with Crippen LogP contribution >= 0.6 is 0 Å². The lowest BCUT2D eigenvalue weighted by Crippen LogP contribution is -2.18. The molecule has 0 unspecified atom stereocenters. The zero-order valence-corrected chi connectivity index (χ0v) is 12.0. The molecular formula is C16H21FN2O. The van der Waals surface area contributed by atoms with Crippen LogP contribution < -0.4 is 10.2 Å². The van der Waals surface area contributed by atoms with Crippen LogP contribution in [0.5, 0.6) is 0 Å². The van der Waals surface area contributed by atoms with Crippen molar-refractivity contribution in [1.82, 2.24) is 5.32 Å². The second-order valence-electron chi connectivity index (χ2n) is 4.95. The number of rotatable bonds is 7. The molecule has 1 aromatic heterocycles. The van der Waals surface area contributed by atoms with Crippen molar-refractivity contribution in [2.75, 3.05) is 18.5 Å². The molecule has 2 aromatic rings. The molecule has 0 aliphatic rings. The topological polar surface area (TPSA) is 28.4 Å². The van der Waals surface area contributed by atoms with Gasteiger partial charge in [-0.15, -0.1) is 0 Å². The Morgan fingerprint density at radius 2 is 2.10 bits per heavy atom. The largest absolute Gasteiger partial charge is 0.472 e. The van der Waals surface area contributed by atoms with Gasteiger partial charge in [-0.2, -0.15) is 0 Å². The first-order valence-corrected chi connectivity index (χ1v) is 6.92. The summed E-state index contributed by atoms with van der Waals surface area (Å²) in [6.07, 6.45) is 4.38. The maximum Gasteiger partial charge on any atom is 0.146 e. The quantitative estimate of drug-likeness (QED) is 0.784. The molecule has 0 fully saturated rings. The number of anilines is 1. The first-order valence-electron chi connectivity index (χ1n) is 6.92. The smallest absolute Gasteiger partial charge is 0.146 e. The maximum atomic E-state index is 14.1. The Hall–Kier alpha value is -1.81. The van der Waals surface area contributed by atoms with Gasteiger partial charge in [0, 0.05) is 25.7 Å². The number of hydrogen-bond donors (Lipinski definition) is 1. The van der Waals surface area contributed by atoms with Crippen LogP contribution in [-0.2, 0) is 13.1 Å². The third-order valence-electron chi connectivity index (χ3n) is 3.18. The highest BCUT2D eigenvalue weighted by Crippen LogP contribution is 2.21. The molecule has 1 aromatic carbocycles. The monoisotopic (exact) mass is 276 g/mol. The average Bonchev–Trinajstić information content (AvgIpc) is 2.92. The van der Waals surface area contributed by atoms with E-state index >= 15 is 0 Å². The lowest BCUT2D eigenvalue weighted by Gasteiger charge is -2.19. The van der Waals surface area contributed by atoms with Crippen molar-refractivity contribution in [2.24, 2.45) is 0 Å². The molecular weight excluding hydrogens is 255 g/mol. The van der Waals surface area contributed by atoms with Gasteiger partial charge in [-0.05, 0) is 36.7 Å². The van der Waals surface area contributed by atoms with E-state index in [9.17, 15) is 4.39 Å². The molecule has 0 saturated heterocycles. The number of hydrogen-bond acceptors (Lipinski definition) is 3. The molecule has 2 rings (SSSR count). The maximum absolute atomic E-state index is 14.1. The fourth-order valence-corrected chi connectivity index (χ4v) is 2.12. The molecule has 0 radical (unpaired) electrons. The lowest BCUT2D eigenvalue weighted by atomic mass is 10.1. The van der Waals surface area contributed by atoms with Gasteiger partial charge in [0.05, 0.1) is 18.2 Å². The molecule has 0 spiro atoms. The molecule has 1 heterocycles. The highest BCUT2D eigenvalue weighted by molar-refractivity contribution is 5.48. The Labute approximate surface area is 119 Å². The molecule has 20 heavy (non-hydrogen) atoms. The van der Waals surface area contributed by atoms with E-state index < -0.39 is 0 Å². The van der Waals surface area contributed by atoms with Gasteiger partial charge in [0.2, 0.25) is 0 Å². The molecule has 4 heteroatoms. The zero-order chi connectivity index (χ0) is 14.4. The van der Waals surface area contributed by atoms with Gasteiger partial charge < -0.3 is 14.6 Å². The van der Waals surface area contributed by atoms with Crippen molar-refractivity contribution < 1.29 is 8.81 Å². The number of nitrogens with one attached hydrogen (secondary N) is 1. The fraction of sp³-hybridized carbons (Fsp3) is 0.375. The Balaban J connectivity index is 2.01. The van der Waals surface area contributed by atoms with Crippen LogP contribution in [0.1, 0.15) is 24.5 Å². The van der Waals surface area contributed by atoms with Gasteiger partial charge in [-0.3, -0.25) is 0 Å². The van der Waals surface area contributed by atoms with E-state index in [1.54, 1.807) is 18.6 Å². The minimum atomic E-state index is -0.188. The van der Waals surface area contributed by atoms with Crippen molar-refractivity contribution in [1.29, 1.82) is 0 Å². The summed E-state index contributed by atoms with van der Waals surface area (Å²) in [5.74, 6) is -0.188. The Kier molecular flexibility index (Phi) is 5.18. The van der Waals surface area contributed by atoms with Crippen molar-refractivity contribution in [3.8, 4) is 0 Å². The van der Waals surface area contributed by atoms with E-state index in [1.807, 2.05) is 30.1 Å². The van der Waals surface area contributed by atoms with Crippen LogP contribution in [-0.4, -0.2) is 13.6 Å². The summed E-state index contributed by atoms with van der Waals surface area (Å²) in [6.45, 7) is 4.39. The van der Waals surface area contributed by atoms with Gasteiger partial charge in [-0.25, -0.2) is 4.39 Å². The van der Waals surface area contributed by atoms with Crippen molar-refractivity contribution in [3.05, 3.63) is 53.7 Å². The second kappa shape index (κ2) is 7.10. The van der Waals surface area contributed by atoms with Crippen LogP contribution in [0.3, 0.4) is 0 Å². The van der Waals surface area contributed by atoms with E-state index in [2.05, 4.69) is 12.2 Å². The standard InChI is InChI=1S/C16H21FN2O/c1-3-7-18-10-13-4-5-16(15(17)9-13)19(2)11-14-6-8-20-12-14/h4-6,8-9,12,18H,3,7,10-11H2,1-2H3. The van der Waals surface area contributed by atoms with E-state index in [1.165, 1.54) is 0 Å². The highest BCUT2D eigenvalue weighted by atomic mass is 19.1. The fourth-order valence-electron chi connectivity index (χ4n) is 2.12. The third kappa shape index (κ3) is 3.84. The van der Waals surface area contributed by atoms with Gasteiger partial charge in [0.25, 0.3) is 0 Å². The number of benzene rings is 1. The van der Waals surface area contributed by atoms with Crippen LogP contribution in [0.2, 0.25) is 0 Å². The van der Waals surface area contributed by atoms with Crippen LogP contribution in [0.15, 0.2) is 41.2 Å². The van der Waals surface area contributed by atoms with E-state index in [4.69, 9.17) is 4.42 Å². The predicted octanol–water partition coefficient (Wildman–Crippen LogP) is 3.55. The minimum absolute atomic E-state index is 0.188. The molecule has 0 atom stereocenters. The summed E-state index contributed by atoms with van der Waals surface area (Å²) in [6, 6.07) is 7.28. The second-order valence-corrected chi connectivity index (χ2v) is 4.95. The number of nitrogens with zero attached hydrogens (tertiary/aromatic N) is 1. The van der Waals surface area contributed by atoms with Gasteiger partial charge in [0.15, 0.2) is 0 Å². The molecule has 3 nitrogen and oxygen atoms in total. The first-order chi connectivity index (χ1) is 9.70. The Morgan fingerprint density at radius 1 is 1.25 bits per heavy atom. The molecule has 0 saturated carbocycles. The van der Waals surface area contributed by atoms with E-state index in [0.29, 0.717) is 18.8 Å². The Bertz CT molecular complexity index is 525. The first kappa shape index (κ1) is 14.6. The Morgan fingerprint density at radius 3 is 2.75 bits per heavy atom. The number of furan rings is 1. The third-order valence-corrected chi connectivity index (χ3v) is 3.18. The van der Waals surface area contributed by atoms with Crippen molar-refractivity contribution in [3.63, 3.8) is 0 Å². The SMILES string of the molecule is CCCNCc1ccc(N(C)Cc2ccoc2)c(F)c1. The normalized spacial score (nSPS) is 10.8. The summed E-state index contributed by atoms with van der Waals surface area (Å²) in [7, 11) is 1.88. The minimum Gasteiger partial charge on any atom is -0.472 e. The van der Waals surface area contributed by atoms with Gasteiger partial charge >= 0.3 is 0 Å². The van der Waals surface area contributed by atoms with Gasteiger partial charge in [-0.1, -0.05) is 13.0 Å². The number of halogens is 1. The van der Waals surface area contributed by atoms with Crippen LogP contribution in [0.25, 0.3) is 0 Å². The summed E-state index contributed by atoms with van der Waals surface area (Å²) >= 11 is 0. The van der Waals surface area contributed by atoms with E-state index in [-0.39, 0.29) is 5.82 Å². The molecule has 0 aliphatic carbocycles. The van der Waals surface area contributed by atoms with Gasteiger partial charge in [0.1, 0.15) is 5.82 Å². The lowest BCUT2D eigenvalue weighted by molar-refractivity contribution is 0.563. The van der Waals surface area contributed by atoms with Crippen molar-refractivity contribution in [2.45, 2.75) is 26.4 Å². The average molecular weight is 276 g/mol. The van der Waals surface area contributed by atoms with Crippen molar-refractivity contribution >= 4 is 5.69 Å². The predicted molar refractivity (Wildman–Crippen MR) is 79.2 cm³/mol. The van der Waals surface area contributed by atoms with Crippen LogP contribution in [0.4, 0.5) is 10.1 Å². The van der Waals surface area contributed by atoms with E-state index in [0.717, 1.165) is 24.1 Å². The zero-order valence-electron chi connectivity index (χ0n) is 12.0. The molecule has 1 N–H and O–H groups in total. The summed E-state index contributed by atoms with van der Waals surface area (Å²) in [5, 5.41) is 3.27. The van der Waals surface area contributed by atoms with Crippen LogP contribution in [0, 0.1) is 5.82 Å². The summed E-state index contributed by atoms with van der Waals surface area (Å²) in [4.78, 5) is 1.88. The molecule has 108 valence electrons. The molecule has 0 bridgehead atoms. The highest BCUT2D eigenvalue weighted by Gasteiger charge is 2.09. The molecule has 0 amide bonds.